The predicted octanol–water partition coefficient (Wildman–Crippen LogP) is 2.00. The molecular weight excluding hydrogens is 218 g/mol. The summed E-state index contributed by atoms with van der Waals surface area (Å²) in [5, 5.41) is 14.3. The molecule has 1 atom stereocenters. The zero-order valence-electron chi connectivity index (χ0n) is 9.57. The molecule has 15 heavy (non-hydrogen) atoms. The molecule has 0 radical (unpaired) electrons. The van der Waals surface area contributed by atoms with Crippen LogP contribution in [0.2, 0.25) is 0 Å². The molecule has 1 unspecified atom stereocenters. The highest BCUT2D eigenvalue weighted by molar-refractivity contribution is 7.94. The molecule has 1 amide bonds. The van der Waals surface area contributed by atoms with Gasteiger partial charge in [0.15, 0.2) is 0 Å². The SMILES string of the molecule is CCC(C)C(=O)NC(C)(C)CSOOO. The summed E-state index contributed by atoms with van der Waals surface area (Å²) in [6.45, 7) is 7.60. The van der Waals surface area contributed by atoms with Crippen LogP contribution in [-0.2, 0) is 14.2 Å². The van der Waals surface area contributed by atoms with Crippen LogP contribution < -0.4 is 5.32 Å². The summed E-state index contributed by atoms with van der Waals surface area (Å²) in [6.07, 6.45) is 0.811. The standard InChI is InChI=1S/C9H19NO4S/c1-5-7(2)8(11)10-9(3,4)6-15-14-13-12/h7,12H,5-6H2,1-4H3,(H,10,11). The molecule has 0 aliphatic carbocycles. The Morgan fingerprint density at radius 3 is 2.67 bits per heavy atom. The monoisotopic (exact) mass is 237 g/mol. The van der Waals surface area contributed by atoms with E-state index >= 15 is 0 Å². The highest BCUT2D eigenvalue weighted by Crippen LogP contribution is 2.14. The molecule has 6 heteroatoms. The second-order valence-corrected chi connectivity index (χ2v) is 4.75. The Morgan fingerprint density at radius 1 is 1.60 bits per heavy atom. The van der Waals surface area contributed by atoms with Crippen molar-refractivity contribution < 1.29 is 19.4 Å². The number of hydrogen-bond acceptors (Lipinski definition) is 5. The smallest absolute Gasteiger partial charge is 0.223 e. The highest BCUT2D eigenvalue weighted by Gasteiger charge is 2.23. The van der Waals surface area contributed by atoms with Crippen LogP contribution >= 0.6 is 12.0 Å². The Balaban J connectivity index is 3.95. The number of carbonyl (C=O) groups excluding carboxylic acids is 1. The minimum Gasteiger partial charge on any atom is -0.350 e. The molecule has 2 N–H and O–H groups in total. The Bertz CT molecular complexity index is 199. The van der Waals surface area contributed by atoms with Gasteiger partial charge in [0.1, 0.15) is 0 Å². The normalized spacial score (nSPS) is 13.7. The van der Waals surface area contributed by atoms with E-state index in [9.17, 15) is 4.79 Å². The number of rotatable bonds is 7. The van der Waals surface area contributed by atoms with E-state index in [2.05, 4.69) is 14.7 Å². The summed E-state index contributed by atoms with van der Waals surface area (Å²) in [7, 11) is 0. The Kier molecular flexibility index (Phi) is 6.91. The summed E-state index contributed by atoms with van der Waals surface area (Å²) in [5.41, 5.74) is -0.399. The Labute approximate surface area is 94.6 Å². The van der Waals surface area contributed by atoms with Crippen LogP contribution in [-0.4, -0.2) is 22.5 Å². The molecule has 0 rings (SSSR count). The lowest BCUT2D eigenvalue weighted by atomic mass is 10.0. The van der Waals surface area contributed by atoms with E-state index in [1.807, 2.05) is 27.7 Å². The van der Waals surface area contributed by atoms with Gasteiger partial charge >= 0.3 is 0 Å². The van der Waals surface area contributed by atoms with Crippen molar-refractivity contribution in [3.05, 3.63) is 0 Å². The van der Waals surface area contributed by atoms with Gasteiger partial charge in [0.2, 0.25) is 5.91 Å². The summed E-state index contributed by atoms with van der Waals surface area (Å²) in [5.74, 6) is 0.507. The predicted molar refractivity (Wildman–Crippen MR) is 58.9 cm³/mol. The second-order valence-electron chi connectivity index (χ2n) is 4.09. The van der Waals surface area contributed by atoms with Crippen LogP contribution in [0.4, 0.5) is 0 Å². The van der Waals surface area contributed by atoms with Crippen LogP contribution in [0.1, 0.15) is 34.1 Å². The van der Waals surface area contributed by atoms with E-state index < -0.39 is 5.54 Å². The van der Waals surface area contributed by atoms with Gasteiger partial charge in [0.25, 0.3) is 0 Å². The van der Waals surface area contributed by atoms with Crippen LogP contribution in [0.3, 0.4) is 0 Å². The first-order valence-electron chi connectivity index (χ1n) is 4.84. The fourth-order valence-corrected chi connectivity index (χ4v) is 1.33. The first kappa shape index (κ1) is 14.7. The lowest BCUT2D eigenvalue weighted by Gasteiger charge is -2.26. The van der Waals surface area contributed by atoms with Crippen molar-refractivity contribution >= 4 is 17.9 Å². The summed E-state index contributed by atoms with van der Waals surface area (Å²) in [6, 6.07) is 0. The highest BCUT2D eigenvalue weighted by atomic mass is 32.2. The van der Waals surface area contributed by atoms with Crippen LogP contribution in [0.5, 0.6) is 0 Å². The molecule has 0 aromatic rings. The maximum atomic E-state index is 11.6. The van der Waals surface area contributed by atoms with Gasteiger partial charge in [-0.25, -0.2) is 5.26 Å². The fourth-order valence-electron chi connectivity index (χ4n) is 0.871. The molecule has 0 spiro atoms. The maximum absolute atomic E-state index is 11.6. The van der Waals surface area contributed by atoms with Crippen molar-refractivity contribution in [2.45, 2.75) is 39.7 Å². The molecule has 0 aliphatic heterocycles. The third-order valence-electron chi connectivity index (χ3n) is 2.02. The van der Waals surface area contributed by atoms with Crippen LogP contribution in [0, 0.1) is 5.92 Å². The van der Waals surface area contributed by atoms with Gasteiger partial charge in [-0.1, -0.05) is 18.9 Å². The third kappa shape index (κ3) is 6.72. The van der Waals surface area contributed by atoms with Gasteiger partial charge < -0.3 is 5.32 Å². The lowest BCUT2D eigenvalue weighted by Crippen LogP contribution is -2.47. The van der Waals surface area contributed by atoms with Gasteiger partial charge in [-0.15, -0.1) is 4.33 Å². The Hall–Kier alpha value is -0.300. The minimum absolute atomic E-state index is 0.00397. The quantitative estimate of drug-likeness (QED) is 0.307. The maximum Gasteiger partial charge on any atom is 0.223 e. The topological polar surface area (TPSA) is 67.8 Å². The molecule has 0 fully saturated rings. The fraction of sp³-hybridized carbons (Fsp3) is 0.889. The number of amides is 1. The lowest BCUT2D eigenvalue weighted by molar-refractivity contribution is -0.432. The van der Waals surface area contributed by atoms with E-state index in [0.29, 0.717) is 5.75 Å². The van der Waals surface area contributed by atoms with Crippen molar-refractivity contribution in [2.75, 3.05) is 5.75 Å². The molecular formula is C9H19NO4S. The van der Waals surface area contributed by atoms with Crippen LogP contribution in [0.15, 0.2) is 0 Å². The van der Waals surface area contributed by atoms with E-state index in [1.165, 1.54) is 0 Å². The summed E-state index contributed by atoms with van der Waals surface area (Å²) in [4.78, 5) is 11.6. The zero-order valence-corrected chi connectivity index (χ0v) is 10.4. The summed E-state index contributed by atoms with van der Waals surface area (Å²) >= 11 is 0.935. The average molecular weight is 237 g/mol. The average Bonchev–Trinajstić information content (AvgIpc) is 2.16. The second kappa shape index (κ2) is 7.05. The van der Waals surface area contributed by atoms with E-state index in [1.54, 1.807) is 0 Å². The number of hydrogen-bond donors (Lipinski definition) is 2. The van der Waals surface area contributed by atoms with Crippen molar-refractivity contribution in [1.82, 2.24) is 5.32 Å². The van der Waals surface area contributed by atoms with Gasteiger partial charge in [-0.3, -0.25) is 4.79 Å². The zero-order chi connectivity index (χ0) is 11.9. The van der Waals surface area contributed by atoms with Crippen molar-refractivity contribution in [2.24, 2.45) is 5.92 Å². The molecule has 0 aliphatic rings. The van der Waals surface area contributed by atoms with Crippen molar-refractivity contribution in [1.29, 1.82) is 0 Å². The first-order valence-corrected chi connectivity index (χ1v) is 5.75. The van der Waals surface area contributed by atoms with E-state index in [4.69, 9.17) is 5.26 Å². The van der Waals surface area contributed by atoms with E-state index in [0.717, 1.165) is 18.5 Å². The molecule has 0 saturated carbocycles. The Morgan fingerprint density at radius 2 is 2.20 bits per heavy atom. The number of carbonyl (C=O) groups is 1. The molecule has 0 saturated heterocycles. The minimum atomic E-state index is -0.399. The summed E-state index contributed by atoms with van der Waals surface area (Å²) < 4.78 is 4.26. The molecule has 90 valence electrons. The van der Waals surface area contributed by atoms with Crippen molar-refractivity contribution in [3.63, 3.8) is 0 Å². The van der Waals surface area contributed by atoms with E-state index in [-0.39, 0.29) is 11.8 Å². The van der Waals surface area contributed by atoms with Gasteiger partial charge in [0, 0.05) is 29.3 Å². The molecule has 0 heterocycles. The van der Waals surface area contributed by atoms with Gasteiger partial charge in [0.05, 0.1) is 0 Å². The molecule has 0 aromatic heterocycles. The third-order valence-corrected chi connectivity index (χ3v) is 3.02. The molecule has 0 aromatic carbocycles. The number of nitrogens with one attached hydrogen (secondary N) is 1. The van der Waals surface area contributed by atoms with Gasteiger partial charge in [-0.05, 0) is 20.3 Å². The first-order chi connectivity index (χ1) is 6.93. The molecule has 5 nitrogen and oxygen atoms in total. The molecule has 0 bridgehead atoms. The largest absolute Gasteiger partial charge is 0.350 e. The van der Waals surface area contributed by atoms with Crippen molar-refractivity contribution in [3.8, 4) is 0 Å². The van der Waals surface area contributed by atoms with Crippen LogP contribution in [0.25, 0.3) is 0 Å². The van der Waals surface area contributed by atoms with Gasteiger partial charge in [-0.2, -0.15) is 0 Å².